The summed E-state index contributed by atoms with van der Waals surface area (Å²) in [5.41, 5.74) is 0.404. The number of rotatable bonds is 6. The van der Waals surface area contributed by atoms with Gasteiger partial charge in [0, 0.05) is 19.2 Å². The lowest BCUT2D eigenvalue weighted by molar-refractivity contribution is -0.116. The van der Waals surface area contributed by atoms with Crippen molar-refractivity contribution in [2.45, 2.75) is 30.8 Å². The number of anilines is 1. The number of hydrogen-bond acceptors (Lipinski definition) is 4. The van der Waals surface area contributed by atoms with Crippen LogP contribution in [0.3, 0.4) is 0 Å². The van der Waals surface area contributed by atoms with Gasteiger partial charge in [-0.25, -0.2) is 13.6 Å². The van der Waals surface area contributed by atoms with Gasteiger partial charge in [0.05, 0.1) is 11.0 Å². The summed E-state index contributed by atoms with van der Waals surface area (Å²) in [6, 6.07) is 5.82. The summed E-state index contributed by atoms with van der Waals surface area (Å²) < 4.78 is 27.4. The molecule has 0 aliphatic heterocycles. The van der Waals surface area contributed by atoms with E-state index in [0.29, 0.717) is 18.5 Å². The molecule has 7 heteroatoms. The van der Waals surface area contributed by atoms with E-state index in [0.717, 1.165) is 0 Å². The second kappa shape index (κ2) is 6.65. The van der Waals surface area contributed by atoms with Crippen molar-refractivity contribution >= 4 is 21.6 Å². The van der Waals surface area contributed by atoms with Gasteiger partial charge in [0.2, 0.25) is 15.9 Å². The number of nitrogens with one attached hydrogen (secondary N) is 1. The molecule has 0 aromatic heterocycles. The molecule has 0 fully saturated rings. The Morgan fingerprint density at radius 2 is 2.16 bits per heavy atom. The Kier molecular flexibility index (Phi) is 5.46. The van der Waals surface area contributed by atoms with Gasteiger partial charge in [0.25, 0.3) is 0 Å². The lowest BCUT2D eigenvalue weighted by Crippen LogP contribution is -2.16. The number of hydrogen-bond donors (Lipinski definition) is 2. The van der Waals surface area contributed by atoms with Crippen LogP contribution in [0.5, 0.6) is 0 Å². The molecular formula is C12H18N2O4S. The van der Waals surface area contributed by atoms with Crippen molar-refractivity contribution in [1.29, 1.82) is 0 Å². The zero-order valence-corrected chi connectivity index (χ0v) is 11.7. The number of ether oxygens (including phenoxy) is 1. The van der Waals surface area contributed by atoms with Crippen molar-refractivity contribution in [3.8, 4) is 0 Å². The average molecular weight is 286 g/mol. The van der Waals surface area contributed by atoms with Crippen molar-refractivity contribution in [2.75, 3.05) is 12.4 Å². The van der Waals surface area contributed by atoms with Crippen LogP contribution in [-0.4, -0.2) is 27.5 Å². The first kappa shape index (κ1) is 15.6. The molecule has 1 amide bonds. The summed E-state index contributed by atoms with van der Waals surface area (Å²) in [4.78, 5) is 11.6. The number of amides is 1. The smallest absolute Gasteiger partial charge is 0.238 e. The van der Waals surface area contributed by atoms with Gasteiger partial charge in [-0.2, -0.15) is 0 Å². The molecule has 106 valence electrons. The summed E-state index contributed by atoms with van der Waals surface area (Å²) in [5.74, 6) is -0.199. The Bertz CT molecular complexity index is 542. The van der Waals surface area contributed by atoms with E-state index in [9.17, 15) is 13.2 Å². The van der Waals surface area contributed by atoms with Crippen LogP contribution in [0.15, 0.2) is 29.2 Å². The monoisotopic (exact) mass is 286 g/mol. The van der Waals surface area contributed by atoms with Crippen molar-refractivity contribution < 1.29 is 17.9 Å². The molecule has 0 aliphatic carbocycles. The van der Waals surface area contributed by atoms with Crippen molar-refractivity contribution in [3.05, 3.63) is 24.3 Å². The second-order valence-electron chi connectivity index (χ2n) is 4.21. The zero-order valence-electron chi connectivity index (χ0n) is 10.9. The lowest BCUT2D eigenvalue weighted by atomic mass is 10.2. The quantitative estimate of drug-likeness (QED) is 0.817. The number of benzene rings is 1. The van der Waals surface area contributed by atoms with E-state index in [-0.39, 0.29) is 16.9 Å². The highest BCUT2D eigenvalue weighted by molar-refractivity contribution is 7.89. The van der Waals surface area contributed by atoms with Crippen LogP contribution in [0.4, 0.5) is 5.69 Å². The highest BCUT2D eigenvalue weighted by atomic mass is 32.2. The molecule has 0 heterocycles. The van der Waals surface area contributed by atoms with E-state index in [1.165, 1.54) is 18.2 Å². The van der Waals surface area contributed by atoms with Gasteiger partial charge in [-0.05, 0) is 31.5 Å². The lowest BCUT2D eigenvalue weighted by Gasteiger charge is -2.10. The topological polar surface area (TPSA) is 98.5 Å². The molecule has 0 saturated heterocycles. The third-order valence-electron chi connectivity index (χ3n) is 2.63. The third-order valence-corrected chi connectivity index (χ3v) is 3.54. The van der Waals surface area contributed by atoms with Crippen LogP contribution in [0.25, 0.3) is 0 Å². The molecule has 0 radical (unpaired) electrons. The number of carbonyl (C=O) groups is 1. The fourth-order valence-electron chi connectivity index (χ4n) is 1.43. The molecule has 0 saturated carbocycles. The highest BCUT2D eigenvalue weighted by Gasteiger charge is 2.10. The standard InChI is InChI=1S/C12H18N2O4S/c1-9(18-2)6-7-12(15)14-10-4-3-5-11(8-10)19(13,16)17/h3-5,8-9H,6-7H2,1-2H3,(H,14,15)(H2,13,16,17). The van der Waals surface area contributed by atoms with Crippen LogP contribution in [-0.2, 0) is 19.6 Å². The SMILES string of the molecule is COC(C)CCC(=O)Nc1cccc(S(N)(=O)=O)c1. The minimum absolute atomic E-state index is 0.00139. The molecular weight excluding hydrogens is 268 g/mol. The molecule has 1 rings (SSSR count). The first-order valence-electron chi connectivity index (χ1n) is 5.78. The second-order valence-corrected chi connectivity index (χ2v) is 5.77. The number of methoxy groups -OCH3 is 1. The molecule has 1 aromatic rings. The van der Waals surface area contributed by atoms with Gasteiger partial charge >= 0.3 is 0 Å². The maximum absolute atomic E-state index is 11.6. The van der Waals surface area contributed by atoms with Crippen LogP contribution in [0, 0.1) is 0 Å². The maximum Gasteiger partial charge on any atom is 0.238 e. The maximum atomic E-state index is 11.6. The van der Waals surface area contributed by atoms with Crippen LogP contribution in [0.1, 0.15) is 19.8 Å². The largest absolute Gasteiger partial charge is 0.382 e. The average Bonchev–Trinajstić information content (AvgIpc) is 2.35. The Balaban J connectivity index is 2.65. The molecule has 0 bridgehead atoms. The van der Waals surface area contributed by atoms with Gasteiger partial charge in [-0.3, -0.25) is 4.79 Å². The Morgan fingerprint density at radius 3 is 2.74 bits per heavy atom. The summed E-state index contributed by atoms with van der Waals surface area (Å²) >= 11 is 0. The highest BCUT2D eigenvalue weighted by Crippen LogP contribution is 2.14. The van der Waals surface area contributed by atoms with Crippen LogP contribution in [0.2, 0.25) is 0 Å². The summed E-state index contributed by atoms with van der Waals surface area (Å²) in [6.45, 7) is 1.87. The first-order valence-corrected chi connectivity index (χ1v) is 7.33. The van der Waals surface area contributed by atoms with E-state index in [1.807, 2.05) is 6.92 Å². The Hall–Kier alpha value is -1.44. The van der Waals surface area contributed by atoms with E-state index >= 15 is 0 Å². The summed E-state index contributed by atoms with van der Waals surface area (Å²) in [7, 11) is -2.18. The minimum atomic E-state index is -3.76. The summed E-state index contributed by atoms with van der Waals surface area (Å²) in [5, 5.41) is 7.64. The van der Waals surface area contributed by atoms with E-state index in [1.54, 1.807) is 13.2 Å². The normalized spacial score (nSPS) is 13.0. The van der Waals surface area contributed by atoms with E-state index in [4.69, 9.17) is 9.88 Å². The van der Waals surface area contributed by atoms with E-state index in [2.05, 4.69) is 5.32 Å². The van der Waals surface area contributed by atoms with Crippen LogP contribution < -0.4 is 10.5 Å². The fraction of sp³-hybridized carbons (Fsp3) is 0.417. The number of primary sulfonamides is 1. The van der Waals surface area contributed by atoms with Crippen molar-refractivity contribution in [2.24, 2.45) is 5.14 Å². The van der Waals surface area contributed by atoms with Gasteiger partial charge in [0.1, 0.15) is 0 Å². The van der Waals surface area contributed by atoms with E-state index < -0.39 is 10.0 Å². The van der Waals surface area contributed by atoms with Gasteiger partial charge < -0.3 is 10.1 Å². The molecule has 3 N–H and O–H groups in total. The molecule has 0 spiro atoms. The van der Waals surface area contributed by atoms with Gasteiger partial charge in [-0.1, -0.05) is 6.07 Å². The number of sulfonamides is 1. The predicted molar refractivity (Wildman–Crippen MR) is 72.1 cm³/mol. The molecule has 0 aliphatic rings. The van der Waals surface area contributed by atoms with Crippen molar-refractivity contribution in [3.63, 3.8) is 0 Å². The van der Waals surface area contributed by atoms with Crippen LogP contribution >= 0.6 is 0 Å². The van der Waals surface area contributed by atoms with Crippen molar-refractivity contribution in [1.82, 2.24) is 0 Å². The molecule has 1 unspecified atom stereocenters. The molecule has 1 aromatic carbocycles. The third kappa shape index (κ3) is 5.37. The minimum Gasteiger partial charge on any atom is -0.382 e. The summed E-state index contributed by atoms with van der Waals surface area (Å²) in [6.07, 6.45) is 0.896. The predicted octanol–water partition coefficient (Wildman–Crippen LogP) is 1.09. The molecule has 1 atom stereocenters. The molecule has 19 heavy (non-hydrogen) atoms. The first-order chi connectivity index (χ1) is 8.82. The number of carbonyl (C=O) groups excluding carboxylic acids is 1. The fourth-order valence-corrected chi connectivity index (χ4v) is 1.99. The van der Waals surface area contributed by atoms with Gasteiger partial charge in [0.15, 0.2) is 0 Å². The Morgan fingerprint density at radius 1 is 1.47 bits per heavy atom. The Labute approximate surface area is 113 Å². The molecule has 6 nitrogen and oxygen atoms in total. The zero-order chi connectivity index (χ0) is 14.5. The number of nitrogens with two attached hydrogens (primary N) is 1. The van der Waals surface area contributed by atoms with Gasteiger partial charge in [-0.15, -0.1) is 0 Å².